The van der Waals surface area contributed by atoms with E-state index in [4.69, 9.17) is 17.0 Å². The van der Waals surface area contributed by atoms with Gasteiger partial charge in [0, 0.05) is 19.3 Å². The van der Waals surface area contributed by atoms with Crippen LogP contribution in [0.3, 0.4) is 0 Å². The number of hydrogen-bond donors (Lipinski definition) is 0. The molecule has 4 aromatic carbocycles. The van der Waals surface area contributed by atoms with Gasteiger partial charge in [-0.25, -0.2) is 0 Å². The normalized spacial score (nSPS) is 11.1. The second-order valence-electron chi connectivity index (χ2n) is 8.63. The summed E-state index contributed by atoms with van der Waals surface area (Å²) in [5.41, 5.74) is 0.555. The third-order valence-corrected chi connectivity index (χ3v) is 7.54. The van der Waals surface area contributed by atoms with E-state index in [0.717, 1.165) is 30.4 Å². The molecule has 0 saturated carbocycles. The van der Waals surface area contributed by atoms with Crippen molar-refractivity contribution in [1.82, 2.24) is 0 Å². The van der Waals surface area contributed by atoms with E-state index < -0.39 is 44.3 Å². The number of benzene rings is 2. The van der Waals surface area contributed by atoms with Crippen molar-refractivity contribution in [2.45, 2.75) is 25.4 Å². The standard InChI is InChI=1S/2C14H8F3S.C2H6Si.2ClH.Zr/c2*15-14(16,17)10-7-9-3-1-4-11(12(9)8-10)13-5-2-6-18-13;1-3-2;;;/h2*1-8H;1-2H3;2*1H;/q2*-1;;;;+4/p-2. The molecule has 42 heavy (non-hydrogen) atoms. The summed E-state index contributed by atoms with van der Waals surface area (Å²) in [6.07, 6.45) is -8.57. The third-order valence-electron chi connectivity index (χ3n) is 5.73. The maximum atomic E-state index is 12.7. The fourth-order valence-corrected chi connectivity index (χ4v) is 5.62. The van der Waals surface area contributed by atoms with Crippen LogP contribution in [-0.4, -0.2) is 9.52 Å². The van der Waals surface area contributed by atoms with Crippen LogP contribution in [0.15, 0.2) is 95.7 Å². The van der Waals surface area contributed by atoms with Crippen LogP contribution >= 0.6 is 39.7 Å². The monoisotopic (exact) mass is 748 g/mol. The van der Waals surface area contributed by atoms with Crippen LogP contribution in [0, 0.1) is 0 Å². The molecular weight excluding hydrogens is 729 g/mol. The molecule has 0 saturated heterocycles. The Labute approximate surface area is 269 Å². The molecule has 0 nitrogen and oxygen atoms in total. The van der Waals surface area contributed by atoms with Crippen molar-refractivity contribution in [3.8, 4) is 20.9 Å². The first kappa shape index (κ1) is 34.8. The average molecular weight is 751 g/mol. The molecule has 6 rings (SSSR count). The van der Waals surface area contributed by atoms with Gasteiger partial charge in [-0.15, -0.1) is 80.6 Å². The van der Waals surface area contributed by atoms with Gasteiger partial charge in [0.05, 0.1) is 0 Å². The van der Waals surface area contributed by atoms with Crippen LogP contribution in [0.5, 0.6) is 0 Å². The maximum absolute atomic E-state index is 12.7. The van der Waals surface area contributed by atoms with Crippen LogP contribution in [0.2, 0.25) is 13.1 Å². The molecule has 218 valence electrons. The van der Waals surface area contributed by atoms with Gasteiger partial charge in [0.1, 0.15) is 0 Å². The van der Waals surface area contributed by atoms with E-state index in [-0.39, 0.29) is 0 Å². The third kappa shape index (κ3) is 9.16. The number of rotatable bonds is 2. The van der Waals surface area contributed by atoms with Crippen molar-refractivity contribution < 1.29 is 47.2 Å². The van der Waals surface area contributed by atoms with Gasteiger partial charge < -0.3 is 0 Å². The van der Waals surface area contributed by atoms with Gasteiger partial charge in [0.25, 0.3) is 0 Å². The number of hydrogen-bond acceptors (Lipinski definition) is 2. The fourth-order valence-electron chi connectivity index (χ4n) is 4.09. The van der Waals surface area contributed by atoms with Gasteiger partial charge in [0.15, 0.2) is 0 Å². The SMILES string of the molecule is C[Si]C.FC(F)(F)c1cc2c(-c3cccs3)cccc2[cH-]1.FC(F)(F)c1cc2c(-c3cccs3)cccc2[cH-]1.[Cl][Zr+2][Cl]. The molecule has 0 atom stereocenters. The summed E-state index contributed by atoms with van der Waals surface area (Å²) in [5.74, 6) is 0. The molecule has 0 amide bonds. The molecule has 0 aliphatic carbocycles. The molecule has 0 fully saturated rings. The van der Waals surface area contributed by atoms with Crippen molar-refractivity contribution in [3.05, 3.63) is 107 Å². The first-order chi connectivity index (χ1) is 19.9. The Morgan fingerprint density at radius 1 is 0.643 bits per heavy atom. The fraction of sp³-hybridized carbons (Fsp3) is 0.133. The summed E-state index contributed by atoms with van der Waals surface area (Å²) in [7, 11) is 11.0. The molecule has 0 spiro atoms. The van der Waals surface area contributed by atoms with E-state index in [1.807, 2.05) is 47.2 Å². The molecule has 0 bridgehead atoms. The van der Waals surface area contributed by atoms with E-state index in [2.05, 4.69) is 13.1 Å². The van der Waals surface area contributed by atoms with Crippen molar-refractivity contribution in [2.24, 2.45) is 0 Å². The van der Waals surface area contributed by atoms with Crippen LogP contribution < -0.4 is 0 Å². The summed E-state index contributed by atoms with van der Waals surface area (Å²) < 4.78 is 76.2. The molecule has 0 aliphatic rings. The summed E-state index contributed by atoms with van der Waals surface area (Å²) in [5, 5.41) is 6.42. The average Bonchev–Trinajstić information content (AvgIpc) is 3.74. The Morgan fingerprint density at radius 3 is 1.29 bits per heavy atom. The topological polar surface area (TPSA) is 0 Å². The summed E-state index contributed by atoms with van der Waals surface area (Å²) in [4.78, 5) is 1.97. The second kappa shape index (κ2) is 15.9. The van der Waals surface area contributed by atoms with Gasteiger partial charge in [-0.3, -0.25) is 0 Å². The van der Waals surface area contributed by atoms with Gasteiger partial charge in [-0.05, 0) is 34.0 Å². The van der Waals surface area contributed by atoms with Crippen molar-refractivity contribution in [3.63, 3.8) is 0 Å². The number of thiophene rings is 2. The molecular formula is C30H22Cl2F6S2SiZr. The molecule has 2 heterocycles. The predicted molar refractivity (Wildman–Crippen MR) is 165 cm³/mol. The molecule has 2 radical (unpaired) electrons. The van der Waals surface area contributed by atoms with Crippen molar-refractivity contribution in [1.29, 1.82) is 0 Å². The van der Waals surface area contributed by atoms with Gasteiger partial charge in [0.2, 0.25) is 0 Å². The van der Waals surface area contributed by atoms with E-state index >= 15 is 0 Å². The van der Waals surface area contributed by atoms with Gasteiger partial charge in [-0.1, -0.05) is 48.5 Å². The number of alkyl halides is 6. The van der Waals surface area contributed by atoms with E-state index in [1.165, 1.54) is 46.9 Å². The Morgan fingerprint density at radius 2 is 1.00 bits per heavy atom. The summed E-state index contributed by atoms with van der Waals surface area (Å²) >= 11 is 2.23. The second-order valence-corrected chi connectivity index (χ2v) is 15.3. The molecule has 6 aromatic rings. The van der Waals surface area contributed by atoms with Crippen LogP contribution in [0.25, 0.3) is 42.4 Å². The number of halogens is 8. The van der Waals surface area contributed by atoms with Gasteiger partial charge in [-0.2, -0.15) is 38.5 Å². The Hall–Kier alpha value is -1.68. The first-order valence-corrected chi connectivity index (χ1v) is 22.2. The molecule has 12 heteroatoms. The minimum atomic E-state index is -4.29. The van der Waals surface area contributed by atoms with Crippen molar-refractivity contribution in [2.75, 3.05) is 0 Å². The number of fused-ring (bicyclic) bond motifs is 2. The molecule has 0 aliphatic heterocycles. The van der Waals surface area contributed by atoms with E-state index in [9.17, 15) is 26.3 Å². The Bertz CT molecular complexity index is 1530. The minimum absolute atomic E-state index is 0.582. The van der Waals surface area contributed by atoms with Crippen LogP contribution in [0.4, 0.5) is 26.3 Å². The zero-order valence-corrected chi connectivity index (χ0v) is 28.7. The van der Waals surface area contributed by atoms with Crippen molar-refractivity contribution >= 4 is 70.8 Å². The quantitative estimate of drug-likeness (QED) is 0.0939. The van der Waals surface area contributed by atoms with Crippen LogP contribution in [0.1, 0.15) is 11.1 Å². The zero-order valence-electron chi connectivity index (χ0n) is 22.1. The molecule has 0 N–H and O–H groups in total. The summed E-state index contributed by atoms with van der Waals surface area (Å²) in [6.45, 7) is 4.31. The van der Waals surface area contributed by atoms with E-state index in [1.54, 1.807) is 24.3 Å². The first-order valence-electron chi connectivity index (χ1n) is 12.1. The zero-order chi connectivity index (χ0) is 30.9. The summed E-state index contributed by atoms with van der Waals surface area (Å²) in [6, 6.07) is 23.2. The van der Waals surface area contributed by atoms with Crippen LogP contribution in [-0.2, 0) is 33.2 Å². The Balaban J connectivity index is 0.000000195. The molecule has 2 aromatic heterocycles. The van der Waals surface area contributed by atoms with Gasteiger partial charge >= 0.3 is 50.2 Å². The van der Waals surface area contributed by atoms with E-state index in [0.29, 0.717) is 21.5 Å². The Kier molecular flexibility index (Phi) is 13.2. The molecule has 0 unspecified atom stereocenters. The predicted octanol–water partition coefficient (Wildman–Crippen LogP) is 12.8.